The maximum Gasteiger partial charge on any atom is 0.336 e. The lowest BCUT2D eigenvalue weighted by Crippen LogP contribution is -2.05. The molecule has 0 amide bonds. The summed E-state index contributed by atoms with van der Waals surface area (Å²) in [7, 11) is 1.38. The second-order valence-corrected chi connectivity index (χ2v) is 3.01. The van der Waals surface area contributed by atoms with Crippen LogP contribution in [0.5, 0.6) is 0 Å². The first-order valence-corrected chi connectivity index (χ1v) is 4.10. The van der Waals surface area contributed by atoms with Gasteiger partial charge in [-0.05, 0) is 20.3 Å². The maximum atomic E-state index is 11.0. The average Bonchev–Trinajstić information content (AvgIpc) is 2.49. The Morgan fingerprint density at radius 2 is 2.33 bits per heavy atom. The number of hydrogen-bond acceptors (Lipinski definition) is 3. The highest BCUT2D eigenvalue weighted by Crippen LogP contribution is 2.25. The van der Waals surface area contributed by atoms with Crippen LogP contribution in [0.4, 0.5) is 0 Å². The quantitative estimate of drug-likeness (QED) is 0.443. The molecular weight excluding hydrogens is 156 g/mol. The van der Waals surface area contributed by atoms with Crippen LogP contribution in [0.15, 0.2) is 11.3 Å². The summed E-state index contributed by atoms with van der Waals surface area (Å²) in [5, 5.41) is 0. The lowest BCUT2D eigenvalue weighted by atomic mass is 10.2. The second-order valence-electron chi connectivity index (χ2n) is 3.01. The Labute approximate surface area is 72.4 Å². The molecule has 68 valence electrons. The molecule has 1 saturated heterocycles. The molecule has 12 heavy (non-hydrogen) atoms. The van der Waals surface area contributed by atoms with E-state index < -0.39 is 0 Å². The molecular formula is C9H14O3. The van der Waals surface area contributed by atoms with Crippen LogP contribution in [0.3, 0.4) is 0 Å². The summed E-state index contributed by atoms with van der Waals surface area (Å²) in [6, 6.07) is 0. The van der Waals surface area contributed by atoms with Crippen molar-refractivity contribution in [3.05, 3.63) is 11.3 Å². The van der Waals surface area contributed by atoms with E-state index in [1.165, 1.54) is 7.11 Å². The largest absolute Gasteiger partial charge is 0.495 e. The van der Waals surface area contributed by atoms with Crippen LogP contribution in [-0.2, 0) is 14.3 Å². The van der Waals surface area contributed by atoms with E-state index in [9.17, 15) is 4.79 Å². The average molecular weight is 170 g/mol. The van der Waals surface area contributed by atoms with Crippen molar-refractivity contribution in [1.82, 2.24) is 0 Å². The Hall–Kier alpha value is -0.990. The van der Waals surface area contributed by atoms with Crippen molar-refractivity contribution < 1.29 is 14.3 Å². The normalized spacial score (nSPS) is 26.4. The number of hydrogen-bond donors (Lipinski definition) is 0. The summed E-state index contributed by atoms with van der Waals surface area (Å²) in [5.74, 6) is 0.494. The Kier molecular flexibility index (Phi) is 2.74. The molecule has 1 rings (SSSR count). The number of methoxy groups -OCH3 is 1. The van der Waals surface area contributed by atoms with E-state index in [0.717, 1.165) is 18.6 Å². The first kappa shape index (κ1) is 9.10. The van der Waals surface area contributed by atoms with Crippen molar-refractivity contribution in [2.45, 2.75) is 32.8 Å². The molecule has 1 heterocycles. The fraction of sp³-hybridized carbons (Fsp3) is 0.667. The summed E-state index contributed by atoms with van der Waals surface area (Å²) in [6.45, 7) is 3.73. The van der Waals surface area contributed by atoms with Gasteiger partial charge in [0.1, 0.15) is 5.76 Å². The zero-order valence-corrected chi connectivity index (χ0v) is 7.72. The van der Waals surface area contributed by atoms with Gasteiger partial charge in [-0.1, -0.05) is 0 Å². The topological polar surface area (TPSA) is 35.5 Å². The summed E-state index contributed by atoms with van der Waals surface area (Å²) < 4.78 is 10.0. The molecule has 0 aliphatic carbocycles. The molecule has 3 nitrogen and oxygen atoms in total. The van der Waals surface area contributed by atoms with Crippen LogP contribution < -0.4 is 0 Å². The molecule has 0 aromatic carbocycles. The maximum absolute atomic E-state index is 11.0. The predicted molar refractivity (Wildman–Crippen MR) is 44.5 cm³/mol. The molecule has 1 atom stereocenters. The third-order valence-corrected chi connectivity index (χ3v) is 2.03. The first-order chi connectivity index (χ1) is 5.65. The van der Waals surface area contributed by atoms with Crippen molar-refractivity contribution in [2.75, 3.05) is 7.11 Å². The smallest absolute Gasteiger partial charge is 0.336 e. The van der Waals surface area contributed by atoms with Crippen molar-refractivity contribution in [2.24, 2.45) is 0 Å². The lowest BCUT2D eigenvalue weighted by Gasteiger charge is -2.06. The molecule has 0 N–H and O–H groups in total. The number of carbonyl (C=O) groups excluding carboxylic acids is 1. The summed E-state index contributed by atoms with van der Waals surface area (Å²) in [6.07, 6.45) is 2.07. The Morgan fingerprint density at radius 3 is 2.75 bits per heavy atom. The SMILES string of the molecule is COC(=O)/C(C)=C1/CCC(C)O1. The van der Waals surface area contributed by atoms with Gasteiger partial charge >= 0.3 is 5.97 Å². The zero-order valence-electron chi connectivity index (χ0n) is 7.72. The minimum Gasteiger partial charge on any atom is -0.495 e. The molecule has 0 saturated carbocycles. The fourth-order valence-electron chi connectivity index (χ4n) is 1.24. The van der Waals surface area contributed by atoms with E-state index in [4.69, 9.17) is 4.74 Å². The van der Waals surface area contributed by atoms with Gasteiger partial charge in [0.05, 0.1) is 18.8 Å². The lowest BCUT2D eigenvalue weighted by molar-refractivity contribution is -0.136. The highest BCUT2D eigenvalue weighted by molar-refractivity contribution is 5.88. The van der Waals surface area contributed by atoms with Crippen LogP contribution in [0, 0.1) is 0 Å². The molecule has 0 aromatic rings. The van der Waals surface area contributed by atoms with Gasteiger partial charge in [0.25, 0.3) is 0 Å². The van der Waals surface area contributed by atoms with Gasteiger partial charge in [-0.2, -0.15) is 0 Å². The summed E-state index contributed by atoms with van der Waals surface area (Å²) in [4.78, 5) is 11.0. The number of ether oxygens (including phenoxy) is 2. The minimum absolute atomic E-state index is 0.236. The number of rotatable bonds is 1. The van der Waals surface area contributed by atoms with Crippen LogP contribution in [0.2, 0.25) is 0 Å². The monoisotopic (exact) mass is 170 g/mol. The van der Waals surface area contributed by atoms with Gasteiger partial charge in [0.15, 0.2) is 0 Å². The molecule has 1 unspecified atom stereocenters. The highest BCUT2D eigenvalue weighted by atomic mass is 16.5. The minimum atomic E-state index is -0.292. The molecule has 3 heteroatoms. The van der Waals surface area contributed by atoms with E-state index >= 15 is 0 Å². The van der Waals surface area contributed by atoms with Crippen LogP contribution in [0.25, 0.3) is 0 Å². The number of allylic oxidation sites excluding steroid dienone is 1. The van der Waals surface area contributed by atoms with E-state index in [0.29, 0.717) is 5.57 Å². The predicted octanol–water partition coefficient (Wildman–Crippen LogP) is 1.63. The zero-order chi connectivity index (χ0) is 9.14. The van der Waals surface area contributed by atoms with E-state index in [1.807, 2.05) is 6.92 Å². The molecule has 0 radical (unpaired) electrons. The second kappa shape index (κ2) is 3.61. The van der Waals surface area contributed by atoms with Crippen molar-refractivity contribution in [3.8, 4) is 0 Å². The first-order valence-electron chi connectivity index (χ1n) is 4.10. The molecule has 1 aliphatic heterocycles. The fourth-order valence-corrected chi connectivity index (χ4v) is 1.24. The third-order valence-electron chi connectivity index (χ3n) is 2.03. The van der Waals surface area contributed by atoms with E-state index in [1.54, 1.807) is 6.92 Å². The van der Waals surface area contributed by atoms with Crippen LogP contribution >= 0.6 is 0 Å². The van der Waals surface area contributed by atoms with Gasteiger partial charge in [0, 0.05) is 6.42 Å². The van der Waals surface area contributed by atoms with Crippen molar-refractivity contribution in [1.29, 1.82) is 0 Å². The molecule has 1 aliphatic rings. The van der Waals surface area contributed by atoms with E-state index in [-0.39, 0.29) is 12.1 Å². The molecule has 0 aromatic heterocycles. The molecule has 1 fully saturated rings. The van der Waals surface area contributed by atoms with Gasteiger partial charge in [0.2, 0.25) is 0 Å². The van der Waals surface area contributed by atoms with Gasteiger partial charge in [-0.3, -0.25) is 0 Å². The summed E-state index contributed by atoms with van der Waals surface area (Å²) >= 11 is 0. The third kappa shape index (κ3) is 1.78. The standard InChI is InChI=1S/C9H14O3/c1-6-4-5-8(12-6)7(2)9(10)11-3/h6H,4-5H2,1-3H3/b8-7-. The highest BCUT2D eigenvalue weighted by Gasteiger charge is 2.21. The number of carbonyl (C=O) groups is 1. The summed E-state index contributed by atoms with van der Waals surface area (Å²) in [5.41, 5.74) is 0.599. The number of esters is 1. The Balaban J connectivity index is 2.70. The Morgan fingerprint density at radius 1 is 1.67 bits per heavy atom. The Bertz CT molecular complexity index is 218. The van der Waals surface area contributed by atoms with Crippen molar-refractivity contribution >= 4 is 5.97 Å². The van der Waals surface area contributed by atoms with Crippen molar-refractivity contribution in [3.63, 3.8) is 0 Å². The van der Waals surface area contributed by atoms with Crippen LogP contribution in [-0.4, -0.2) is 19.2 Å². The van der Waals surface area contributed by atoms with Gasteiger partial charge < -0.3 is 9.47 Å². The van der Waals surface area contributed by atoms with E-state index in [2.05, 4.69) is 4.74 Å². The molecule has 0 bridgehead atoms. The van der Waals surface area contributed by atoms with Gasteiger partial charge in [-0.15, -0.1) is 0 Å². The van der Waals surface area contributed by atoms with Crippen LogP contribution in [0.1, 0.15) is 26.7 Å². The molecule has 0 spiro atoms. The van der Waals surface area contributed by atoms with Gasteiger partial charge in [-0.25, -0.2) is 4.79 Å².